The van der Waals surface area contributed by atoms with Crippen molar-refractivity contribution in [2.24, 2.45) is 5.92 Å². The van der Waals surface area contributed by atoms with Crippen LogP contribution in [0.25, 0.3) is 0 Å². The molecule has 0 aromatic carbocycles. The van der Waals surface area contributed by atoms with E-state index in [2.05, 4.69) is 12.2 Å². The molecule has 3 rings (SSSR count). The minimum Gasteiger partial charge on any atom is -0.387 e. The molecule has 0 spiro atoms. The smallest absolute Gasteiger partial charge is 0.261 e. The predicted octanol–water partition coefficient (Wildman–Crippen LogP) is 3.40. The quantitative estimate of drug-likeness (QED) is 0.907. The van der Waals surface area contributed by atoms with Crippen LogP contribution in [0.3, 0.4) is 0 Å². The Hall–Kier alpha value is -1.17. The van der Waals surface area contributed by atoms with Crippen molar-refractivity contribution < 1.29 is 9.90 Å². The van der Waals surface area contributed by atoms with Gasteiger partial charge in [0.1, 0.15) is 0 Å². The molecule has 0 saturated carbocycles. The molecule has 2 heterocycles. The number of fused-ring (bicyclic) bond motifs is 1. The molecule has 0 radical (unpaired) electrons. The summed E-state index contributed by atoms with van der Waals surface area (Å²) in [5.74, 6) is 0.639. The van der Waals surface area contributed by atoms with Gasteiger partial charge in [-0.15, -0.1) is 11.3 Å². The Balaban J connectivity index is 1.61. The number of aliphatic hydroxyl groups excluding tert-OH is 1. The molecule has 0 bridgehead atoms. The lowest BCUT2D eigenvalue weighted by atomic mass is 9.90. The van der Waals surface area contributed by atoms with Crippen molar-refractivity contribution in [3.05, 3.63) is 43.8 Å². The molecule has 1 amide bonds. The van der Waals surface area contributed by atoms with E-state index in [0.717, 1.165) is 23.3 Å². The molecule has 21 heavy (non-hydrogen) atoms. The van der Waals surface area contributed by atoms with Crippen LogP contribution in [-0.2, 0) is 12.8 Å². The zero-order valence-electron chi connectivity index (χ0n) is 12.0. The van der Waals surface area contributed by atoms with Crippen molar-refractivity contribution in [1.82, 2.24) is 5.32 Å². The van der Waals surface area contributed by atoms with Crippen molar-refractivity contribution in [2.45, 2.75) is 32.3 Å². The van der Waals surface area contributed by atoms with Crippen molar-refractivity contribution in [2.75, 3.05) is 6.54 Å². The van der Waals surface area contributed by atoms with Gasteiger partial charge >= 0.3 is 0 Å². The summed E-state index contributed by atoms with van der Waals surface area (Å²) in [4.78, 5) is 14.3. The Kier molecular flexibility index (Phi) is 4.42. The zero-order chi connectivity index (χ0) is 14.8. The van der Waals surface area contributed by atoms with E-state index in [1.165, 1.54) is 16.9 Å². The van der Waals surface area contributed by atoms with Crippen LogP contribution in [0.5, 0.6) is 0 Å². The topological polar surface area (TPSA) is 49.3 Å². The van der Waals surface area contributed by atoms with Gasteiger partial charge in [-0.25, -0.2) is 0 Å². The van der Waals surface area contributed by atoms with Crippen molar-refractivity contribution in [3.8, 4) is 0 Å². The first kappa shape index (κ1) is 14.8. The minimum atomic E-state index is -0.630. The summed E-state index contributed by atoms with van der Waals surface area (Å²) in [6, 6.07) is 3.91. The number of thiophene rings is 2. The van der Waals surface area contributed by atoms with Crippen LogP contribution in [0.15, 0.2) is 22.9 Å². The maximum absolute atomic E-state index is 12.2. The highest BCUT2D eigenvalue weighted by molar-refractivity contribution is 7.14. The lowest BCUT2D eigenvalue weighted by molar-refractivity contribution is 0.0920. The van der Waals surface area contributed by atoms with Crippen molar-refractivity contribution in [3.63, 3.8) is 0 Å². The van der Waals surface area contributed by atoms with Gasteiger partial charge in [0.15, 0.2) is 0 Å². The fourth-order valence-corrected chi connectivity index (χ4v) is 4.51. The number of amides is 1. The summed E-state index contributed by atoms with van der Waals surface area (Å²) in [6.45, 7) is 2.52. The maximum atomic E-state index is 12.2. The third-order valence-corrected chi connectivity index (χ3v) is 5.87. The fraction of sp³-hybridized carbons (Fsp3) is 0.438. The molecule has 112 valence electrons. The maximum Gasteiger partial charge on any atom is 0.261 e. The molecule has 1 aliphatic carbocycles. The van der Waals surface area contributed by atoms with Crippen LogP contribution in [0.2, 0.25) is 0 Å². The molecular formula is C16H19NO2S2. The Morgan fingerprint density at radius 1 is 1.57 bits per heavy atom. The van der Waals surface area contributed by atoms with E-state index in [4.69, 9.17) is 0 Å². The zero-order valence-corrected chi connectivity index (χ0v) is 13.6. The van der Waals surface area contributed by atoms with E-state index in [0.29, 0.717) is 5.92 Å². The third-order valence-electron chi connectivity index (χ3n) is 3.94. The van der Waals surface area contributed by atoms with E-state index in [1.807, 2.05) is 22.9 Å². The summed E-state index contributed by atoms with van der Waals surface area (Å²) in [5.41, 5.74) is 2.20. The van der Waals surface area contributed by atoms with Crippen LogP contribution >= 0.6 is 22.7 Å². The first-order valence-electron chi connectivity index (χ1n) is 7.23. The van der Waals surface area contributed by atoms with Gasteiger partial charge in [-0.3, -0.25) is 4.79 Å². The lowest BCUT2D eigenvalue weighted by Crippen LogP contribution is -2.27. The summed E-state index contributed by atoms with van der Waals surface area (Å²) >= 11 is 3.15. The van der Waals surface area contributed by atoms with Crippen molar-refractivity contribution >= 4 is 28.6 Å². The molecule has 2 aromatic rings. The van der Waals surface area contributed by atoms with E-state index >= 15 is 0 Å². The van der Waals surface area contributed by atoms with Crippen LogP contribution in [0.4, 0.5) is 0 Å². The van der Waals surface area contributed by atoms with Gasteiger partial charge in [0, 0.05) is 11.4 Å². The van der Waals surface area contributed by atoms with Gasteiger partial charge in [-0.05, 0) is 59.2 Å². The van der Waals surface area contributed by atoms with E-state index in [9.17, 15) is 9.90 Å². The van der Waals surface area contributed by atoms with Gasteiger partial charge in [0.2, 0.25) is 0 Å². The van der Waals surface area contributed by atoms with Gasteiger partial charge in [0.25, 0.3) is 5.91 Å². The van der Waals surface area contributed by atoms with Crippen LogP contribution in [-0.4, -0.2) is 17.6 Å². The molecule has 2 aromatic heterocycles. The highest BCUT2D eigenvalue weighted by Crippen LogP contribution is 2.32. The Morgan fingerprint density at radius 3 is 3.19 bits per heavy atom. The highest BCUT2D eigenvalue weighted by Gasteiger charge is 2.21. The first-order valence-corrected chi connectivity index (χ1v) is 8.99. The second kappa shape index (κ2) is 6.30. The number of aryl methyl sites for hydroxylation is 1. The summed E-state index contributed by atoms with van der Waals surface area (Å²) < 4.78 is 0. The molecule has 2 N–H and O–H groups in total. The third kappa shape index (κ3) is 3.36. The van der Waals surface area contributed by atoms with E-state index < -0.39 is 6.10 Å². The number of carbonyl (C=O) groups excluding carboxylic acids is 1. The Morgan fingerprint density at radius 2 is 2.43 bits per heavy atom. The van der Waals surface area contributed by atoms with Crippen LogP contribution < -0.4 is 5.32 Å². The summed E-state index contributed by atoms with van der Waals surface area (Å²) in [5, 5.41) is 16.7. The molecule has 1 aliphatic rings. The molecule has 5 heteroatoms. The number of carbonyl (C=O) groups is 1. The van der Waals surface area contributed by atoms with Crippen molar-refractivity contribution in [1.29, 1.82) is 0 Å². The number of rotatable bonds is 4. The number of aliphatic hydroxyl groups is 1. The molecule has 0 aliphatic heterocycles. The molecular weight excluding hydrogens is 302 g/mol. The summed E-state index contributed by atoms with van der Waals surface area (Å²) in [6.07, 6.45) is 2.75. The van der Waals surface area contributed by atoms with Gasteiger partial charge in [0.05, 0.1) is 11.0 Å². The minimum absolute atomic E-state index is 0.0728. The average molecular weight is 321 g/mol. The SMILES string of the molecule is CC1CCc2sc(C(=O)NCC(O)c3ccsc3)cc2C1. The fourth-order valence-electron chi connectivity index (χ4n) is 2.68. The average Bonchev–Trinajstić information content (AvgIpc) is 3.12. The standard InChI is InChI=1S/C16H19NO2S2/c1-10-2-3-14-12(6-10)7-15(21-14)16(19)17-8-13(18)11-4-5-20-9-11/h4-5,7,9-10,13,18H,2-3,6,8H2,1H3,(H,17,19). The summed E-state index contributed by atoms with van der Waals surface area (Å²) in [7, 11) is 0. The van der Waals surface area contributed by atoms with Gasteiger partial charge < -0.3 is 10.4 Å². The molecule has 2 atom stereocenters. The normalized spacial score (nSPS) is 19.0. The molecule has 2 unspecified atom stereocenters. The number of hydrogen-bond acceptors (Lipinski definition) is 4. The second-order valence-electron chi connectivity index (χ2n) is 5.69. The monoisotopic (exact) mass is 321 g/mol. The van der Waals surface area contributed by atoms with Gasteiger partial charge in [-0.2, -0.15) is 11.3 Å². The molecule has 0 fully saturated rings. The van der Waals surface area contributed by atoms with E-state index in [1.54, 1.807) is 22.7 Å². The Bertz CT molecular complexity index is 618. The molecule has 0 saturated heterocycles. The van der Waals surface area contributed by atoms with Crippen LogP contribution in [0.1, 0.15) is 45.1 Å². The second-order valence-corrected chi connectivity index (χ2v) is 7.61. The van der Waals surface area contributed by atoms with Crippen LogP contribution in [0, 0.1) is 5.92 Å². The molecule has 3 nitrogen and oxygen atoms in total. The number of nitrogens with one attached hydrogen (secondary N) is 1. The number of hydrogen-bond donors (Lipinski definition) is 2. The largest absolute Gasteiger partial charge is 0.387 e. The highest BCUT2D eigenvalue weighted by atomic mass is 32.1. The Labute approximate surface area is 132 Å². The first-order chi connectivity index (χ1) is 10.1. The lowest BCUT2D eigenvalue weighted by Gasteiger charge is -2.16. The van der Waals surface area contributed by atoms with E-state index in [-0.39, 0.29) is 12.5 Å². The van der Waals surface area contributed by atoms with Gasteiger partial charge in [-0.1, -0.05) is 6.92 Å². The predicted molar refractivity (Wildman–Crippen MR) is 87.1 cm³/mol.